The first-order chi connectivity index (χ1) is 12.1. The summed E-state index contributed by atoms with van der Waals surface area (Å²) in [5.41, 5.74) is 1.16. The number of carbonyl (C=O) groups excluding carboxylic acids is 1. The molecule has 1 aliphatic rings. The molecule has 1 saturated heterocycles. The molecule has 0 bridgehead atoms. The van der Waals surface area contributed by atoms with Crippen LogP contribution in [-0.4, -0.2) is 44.1 Å². The minimum Gasteiger partial charge on any atom is -0.497 e. The number of carbonyl (C=O) groups is 1. The van der Waals surface area contributed by atoms with Crippen molar-refractivity contribution in [3.8, 4) is 5.75 Å². The first-order valence-electron chi connectivity index (χ1n) is 7.97. The van der Waals surface area contributed by atoms with Crippen LogP contribution in [0.1, 0.15) is 5.56 Å². The average Bonchev–Trinajstić information content (AvgIpc) is 3.15. The van der Waals surface area contributed by atoms with Gasteiger partial charge in [-0.3, -0.25) is 9.59 Å². The molecule has 0 radical (unpaired) electrons. The third-order valence-corrected chi connectivity index (χ3v) is 4.03. The predicted molar refractivity (Wildman–Crippen MR) is 93.6 cm³/mol. The second-order valence-corrected chi connectivity index (χ2v) is 5.55. The van der Waals surface area contributed by atoms with Crippen LogP contribution in [0.2, 0.25) is 0 Å². The highest BCUT2D eigenvalue weighted by atomic mass is 16.7. The fraction of sp³-hybridized carbons (Fsp3) is 0.333. The lowest BCUT2D eigenvalue weighted by atomic mass is 10.1. The molecule has 7 heteroatoms. The van der Waals surface area contributed by atoms with Gasteiger partial charge in [0.25, 0.3) is 5.56 Å². The van der Waals surface area contributed by atoms with E-state index in [9.17, 15) is 9.59 Å². The molecule has 1 aliphatic heterocycles. The normalized spacial score (nSPS) is 15.1. The summed E-state index contributed by atoms with van der Waals surface area (Å²) in [6.45, 7) is 1.34. The van der Waals surface area contributed by atoms with Crippen molar-refractivity contribution in [3.05, 3.63) is 46.3 Å². The zero-order valence-corrected chi connectivity index (χ0v) is 14.2. The molecule has 0 spiro atoms. The Balaban J connectivity index is 2.12. The minimum absolute atomic E-state index is 0.198. The molecule has 0 unspecified atom stereocenters. The molecule has 1 fully saturated rings. The summed E-state index contributed by atoms with van der Waals surface area (Å²) in [4.78, 5) is 24.1. The van der Waals surface area contributed by atoms with Gasteiger partial charge >= 0.3 is 0 Å². The van der Waals surface area contributed by atoms with Crippen LogP contribution < -0.4 is 15.6 Å². The molecule has 2 aromatic rings. The quantitative estimate of drug-likeness (QED) is 0.823. The highest BCUT2D eigenvalue weighted by molar-refractivity contribution is 5.96. The van der Waals surface area contributed by atoms with Gasteiger partial charge in [0.05, 0.1) is 32.4 Å². The van der Waals surface area contributed by atoms with E-state index in [4.69, 9.17) is 14.2 Å². The third-order valence-electron chi connectivity index (χ3n) is 4.03. The number of hydrogen-bond donors (Lipinski definition) is 1. The molecule has 1 N–H and O–H groups in total. The summed E-state index contributed by atoms with van der Waals surface area (Å²) >= 11 is 0. The van der Waals surface area contributed by atoms with Crippen molar-refractivity contribution in [2.45, 2.75) is 12.8 Å². The fourth-order valence-corrected chi connectivity index (χ4v) is 2.75. The van der Waals surface area contributed by atoms with E-state index in [2.05, 4.69) is 5.32 Å². The van der Waals surface area contributed by atoms with Gasteiger partial charge < -0.3 is 24.1 Å². The van der Waals surface area contributed by atoms with Gasteiger partial charge in [-0.25, -0.2) is 0 Å². The molecule has 0 atom stereocenters. The number of rotatable bonds is 5. The lowest BCUT2D eigenvalue weighted by molar-refractivity contribution is -0.115. The first kappa shape index (κ1) is 17.2. The number of benzene rings is 1. The zero-order valence-electron chi connectivity index (χ0n) is 14.2. The Morgan fingerprint density at radius 3 is 2.80 bits per heavy atom. The number of methoxy groups -OCH3 is 1. The topological polar surface area (TPSA) is 78.8 Å². The maximum atomic E-state index is 12.6. The van der Waals surface area contributed by atoms with Crippen LogP contribution >= 0.6 is 0 Å². The first-order valence-corrected chi connectivity index (χ1v) is 7.97. The zero-order chi connectivity index (χ0) is 17.8. The van der Waals surface area contributed by atoms with Crippen LogP contribution in [-0.2, 0) is 20.8 Å². The summed E-state index contributed by atoms with van der Waals surface area (Å²) in [6, 6.07) is 6.98. The maximum Gasteiger partial charge on any atom is 0.251 e. The van der Waals surface area contributed by atoms with Crippen molar-refractivity contribution in [2.75, 3.05) is 27.4 Å². The number of ether oxygens (including phenoxy) is 3. The highest BCUT2D eigenvalue weighted by Crippen LogP contribution is 2.24. The number of amides is 1. The van der Waals surface area contributed by atoms with Gasteiger partial charge in [-0.1, -0.05) is 0 Å². The summed E-state index contributed by atoms with van der Waals surface area (Å²) in [5, 5.41) is 3.35. The number of likely N-dealkylation sites (N-methyl/N-ethyl adjacent to an activating group) is 1. The molecular formula is C18H20N2O5. The van der Waals surface area contributed by atoms with E-state index >= 15 is 0 Å². The van der Waals surface area contributed by atoms with Crippen LogP contribution in [0.4, 0.5) is 0 Å². The predicted octanol–water partition coefficient (Wildman–Crippen LogP) is 1.14. The van der Waals surface area contributed by atoms with Gasteiger partial charge in [0.2, 0.25) is 5.91 Å². The van der Waals surface area contributed by atoms with Crippen LogP contribution in [0.15, 0.2) is 35.1 Å². The summed E-state index contributed by atoms with van der Waals surface area (Å²) in [7, 11) is 3.12. The Hall–Kier alpha value is -2.64. The maximum absolute atomic E-state index is 12.6. The molecular weight excluding hydrogens is 324 g/mol. The molecule has 1 amide bonds. The second-order valence-electron chi connectivity index (χ2n) is 5.55. The Morgan fingerprint density at radius 2 is 2.12 bits per heavy atom. The number of nitrogens with one attached hydrogen (secondary N) is 1. The number of fused-ring (bicyclic) bond motifs is 1. The van der Waals surface area contributed by atoms with Crippen molar-refractivity contribution < 1.29 is 19.0 Å². The van der Waals surface area contributed by atoms with Crippen LogP contribution in [0.3, 0.4) is 0 Å². The van der Waals surface area contributed by atoms with Crippen molar-refractivity contribution in [1.29, 1.82) is 0 Å². The van der Waals surface area contributed by atoms with E-state index in [0.29, 0.717) is 36.6 Å². The molecule has 0 aliphatic carbocycles. The smallest absolute Gasteiger partial charge is 0.251 e. The van der Waals surface area contributed by atoms with E-state index in [-0.39, 0.29) is 11.5 Å². The molecule has 1 aromatic carbocycles. The molecule has 1 aromatic heterocycles. The van der Waals surface area contributed by atoms with E-state index < -0.39 is 6.29 Å². The molecule has 25 heavy (non-hydrogen) atoms. The van der Waals surface area contributed by atoms with E-state index in [1.54, 1.807) is 30.9 Å². The number of pyridine rings is 1. The molecule has 0 saturated carbocycles. The number of nitrogens with zero attached hydrogens (tertiary/aromatic N) is 1. The van der Waals surface area contributed by atoms with Crippen molar-refractivity contribution in [3.63, 3.8) is 0 Å². The lowest BCUT2D eigenvalue weighted by Gasteiger charge is -2.16. The van der Waals surface area contributed by atoms with Crippen LogP contribution in [0.25, 0.3) is 17.0 Å². The standard InChI is InChI=1S/C18H20N2O5/c1-19-16(21)6-3-12-9-17(22)20(11-18-24-7-8-25-18)15-10-13(23-2)4-5-14(12)15/h3-6,9-10,18H,7-8,11H2,1-2H3,(H,19,21). The number of aromatic nitrogens is 1. The lowest BCUT2D eigenvalue weighted by Crippen LogP contribution is -2.27. The van der Waals surface area contributed by atoms with Crippen LogP contribution in [0.5, 0.6) is 5.75 Å². The van der Waals surface area contributed by atoms with E-state index in [0.717, 1.165) is 5.39 Å². The van der Waals surface area contributed by atoms with Gasteiger partial charge in [0.15, 0.2) is 6.29 Å². The highest BCUT2D eigenvalue weighted by Gasteiger charge is 2.19. The fourth-order valence-electron chi connectivity index (χ4n) is 2.75. The van der Waals surface area contributed by atoms with Gasteiger partial charge in [-0.15, -0.1) is 0 Å². The van der Waals surface area contributed by atoms with Gasteiger partial charge in [0, 0.05) is 30.6 Å². The van der Waals surface area contributed by atoms with Crippen molar-refractivity contribution in [1.82, 2.24) is 9.88 Å². The summed E-state index contributed by atoms with van der Waals surface area (Å²) < 4.78 is 17.8. The van der Waals surface area contributed by atoms with E-state index in [1.807, 2.05) is 12.1 Å². The SMILES string of the molecule is CNC(=O)C=Cc1cc(=O)n(CC2OCCO2)c2cc(OC)ccc12. The largest absolute Gasteiger partial charge is 0.497 e. The Labute approximate surface area is 144 Å². The minimum atomic E-state index is -0.445. The second kappa shape index (κ2) is 7.50. The monoisotopic (exact) mass is 344 g/mol. The molecule has 132 valence electrons. The van der Waals surface area contributed by atoms with Crippen LogP contribution in [0, 0.1) is 0 Å². The number of hydrogen-bond acceptors (Lipinski definition) is 5. The van der Waals surface area contributed by atoms with E-state index in [1.165, 1.54) is 12.1 Å². The third kappa shape index (κ3) is 3.72. The summed E-state index contributed by atoms with van der Waals surface area (Å²) in [5.74, 6) is 0.403. The van der Waals surface area contributed by atoms with Gasteiger partial charge in [-0.05, 0) is 23.8 Å². The van der Waals surface area contributed by atoms with Gasteiger partial charge in [-0.2, -0.15) is 0 Å². The Bertz CT molecular complexity index is 866. The van der Waals surface area contributed by atoms with Crippen molar-refractivity contribution in [2.24, 2.45) is 0 Å². The van der Waals surface area contributed by atoms with Gasteiger partial charge in [0.1, 0.15) is 5.75 Å². The Kier molecular flexibility index (Phi) is 5.16. The van der Waals surface area contributed by atoms with Crippen molar-refractivity contribution >= 4 is 22.9 Å². The molecule has 3 rings (SSSR count). The average molecular weight is 344 g/mol. The Morgan fingerprint density at radius 1 is 1.36 bits per heavy atom. The molecule has 2 heterocycles. The molecule has 7 nitrogen and oxygen atoms in total. The summed E-state index contributed by atoms with van der Waals surface area (Å²) in [6.07, 6.45) is 2.58.